The highest BCUT2D eigenvalue weighted by atomic mass is 32.2. The summed E-state index contributed by atoms with van der Waals surface area (Å²) in [5.41, 5.74) is 4.96. The summed E-state index contributed by atoms with van der Waals surface area (Å²) in [5, 5.41) is 3.58. The average molecular weight is 502 g/mol. The molecule has 35 heavy (non-hydrogen) atoms. The number of hydrogen-bond donors (Lipinski definition) is 1. The average Bonchev–Trinajstić information content (AvgIpc) is 2.89. The van der Waals surface area contributed by atoms with Crippen LogP contribution in [-0.2, 0) is 12.3 Å². The van der Waals surface area contributed by atoms with Crippen LogP contribution in [-0.4, -0.2) is 23.0 Å². The quantitative estimate of drug-likeness (QED) is 0.209. The Morgan fingerprint density at radius 2 is 1.51 bits per heavy atom. The van der Waals surface area contributed by atoms with E-state index in [0.717, 1.165) is 26.9 Å². The van der Waals surface area contributed by atoms with Gasteiger partial charge in [0.1, 0.15) is 11.4 Å². The smallest absolute Gasteiger partial charge is 0.271 e. The maximum Gasteiger partial charge on any atom is 0.271 e. The lowest BCUT2D eigenvalue weighted by Crippen LogP contribution is -2.25. The number of amides is 1. The van der Waals surface area contributed by atoms with Gasteiger partial charge in [-0.05, 0) is 49.2 Å². The minimum Gasteiger partial charge on any atom is -0.497 e. The Bertz CT molecular complexity index is 1280. The van der Waals surface area contributed by atoms with Crippen molar-refractivity contribution >= 4 is 29.4 Å². The SMILES string of the molecule is COc1ccc(CNC(=O)c2nc(SCc3ccc(C)cc3)ncc2Sc2ccc(C)cc2)cc1. The summed E-state index contributed by atoms with van der Waals surface area (Å²) in [4.78, 5) is 24.2. The Balaban J connectivity index is 1.52. The molecule has 4 aromatic rings. The minimum atomic E-state index is -0.227. The second-order valence-electron chi connectivity index (χ2n) is 8.09. The van der Waals surface area contributed by atoms with Crippen molar-refractivity contribution in [2.45, 2.75) is 41.1 Å². The van der Waals surface area contributed by atoms with E-state index in [1.807, 2.05) is 36.4 Å². The van der Waals surface area contributed by atoms with Crippen LogP contribution >= 0.6 is 23.5 Å². The molecule has 0 fully saturated rings. The van der Waals surface area contributed by atoms with E-state index in [1.54, 1.807) is 13.3 Å². The first-order valence-corrected chi connectivity index (χ1v) is 13.0. The molecule has 0 saturated carbocycles. The number of aryl methyl sites for hydroxylation is 2. The molecule has 0 aliphatic heterocycles. The van der Waals surface area contributed by atoms with Gasteiger partial charge in [-0.3, -0.25) is 4.79 Å². The van der Waals surface area contributed by atoms with Crippen LogP contribution in [0.2, 0.25) is 0 Å². The molecule has 7 heteroatoms. The first-order chi connectivity index (χ1) is 17.0. The molecule has 3 aromatic carbocycles. The van der Waals surface area contributed by atoms with Crippen LogP contribution < -0.4 is 10.1 Å². The molecule has 1 heterocycles. The normalized spacial score (nSPS) is 10.7. The number of benzene rings is 3. The number of methoxy groups -OCH3 is 1. The lowest BCUT2D eigenvalue weighted by Gasteiger charge is -2.11. The van der Waals surface area contributed by atoms with E-state index in [4.69, 9.17) is 4.74 Å². The highest BCUT2D eigenvalue weighted by molar-refractivity contribution is 7.99. The van der Waals surface area contributed by atoms with Crippen molar-refractivity contribution < 1.29 is 9.53 Å². The monoisotopic (exact) mass is 501 g/mol. The van der Waals surface area contributed by atoms with E-state index in [-0.39, 0.29) is 5.91 Å². The second-order valence-corrected chi connectivity index (χ2v) is 10.1. The van der Waals surface area contributed by atoms with Crippen molar-refractivity contribution in [3.05, 3.63) is 107 Å². The number of nitrogens with zero attached hydrogens (tertiary/aromatic N) is 2. The lowest BCUT2D eigenvalue weighted by molar-refractivity contribution is 0.0941. The number of thioether (sulfide) groups is 1. The van der Waals surface area contributed by atoms with Crippen LogP contribution in [0.5, 0.6) is 5.75 Å². The summed E-state index contributed by atoms with van der Waals surface area (Å²) in [6, 6.07) is 24.2. The van der Waals surface area contributed by atoms with Gasteiger partial charge in [-0.25, -0.2) is 9.97 Å². The first kappa shape index (κ1) is 24.8. The standard InChI is InChI=1S/C28H27N3O2S2/c1-19-4-8-22(9-5-19)18-34-28-30-17-25(35-24-14-6-20(2)7-15-24)26(31-28)27(32)29-16-21-10-12-23(33-3)13-11-21/h4-15,17H,16,18H2,1-3H3,(H,29,32). The molecule has 178 valence electrons. The zero-order valence-electron chi connectivity index (χ0n) is 19.9. The van der Waals surface area contributed by atoms with Crippen molar-refractivity contribution in [2.24, 2.45) is 0 Å². The topological polar surface area (TPSA) is 64.1 Å². The highest BCUT2D eigenvalue weighted by Crippen LogP contribution is 2.31. The zero-order chi connectivity index (χ0) is 24.6. The van der Waals surface area contributed by atoms with Crippen LogP contribution in [0.1, 0.15) is 32.7 Å². The van der Waals surface area contributed by atoms with E-state index in [0.29, 0.717) is 17.4 Å². The molecule has 0 radical (unpaired) electrons. The molecular formula is C28H27N3O2S2. The molecule has 1 N–H and O–H groups in total. The molecule has 1 amide bonds. The third-order valence-electron chi connectivity index (χ3n) is 5.30. The van der Waals surface area contributed by atoms with Gasteiger partial charge in [-0.1, -0.05) is 83.2 Å². The zero-order valence-corrected chi connectivity index (χ0v) is 21.6. The van der Waals surface area contributed by atoms with Gasteiger partial charge in [0.25, 0.3) is 5.91 Å². The Kier molecular flexibility index (Phi) is 8.45. The Hall–Kier alpha value is -3.29. The third kappa shape index (κ3) is 7.10. The predicted octanol–water partition coefficient (Wildman–Crippen LogP) is 6.48. The van der Waals surface area contributed by atoms with Crippen molar-refractivity contribution in [2.75, 3.05) is 7.11 Å². The number of ether oxygens (including phenoxy) is 1. The summed E-state index contributed by atoms with van der Waals surface area (Å²) in [5.74, 6) is 1.29. The molecule has 4 rings (SSSR count). The number of nitrogens with one attached hydrogen (secondary N) is 1. The summed E-state index contributed by atoms with van der Waals surface area (Å²) < 4.78 is 5.21. The molecule has 0 saturated heterocycles. The molecule has 0 aliphatic rings. The van der Waals surface area contributed by atoms with Gasteiger partial charge in [0.05, 0.1) is 12.0 Å². The summed E-state index contributed by atoms with van der Waals surface area (Å²) in [7, 11) is 1.63. The number of rotatable bonds is 9. The Morgan fingerprint density at radius 1 is 0.886 bits per heavy atom. The fourth-order valence-corrected chi connectivity index (χ4v) is 4.87. The molecule has 0 unspecified atom stereocenters. The lowest BCUT2D eigenvalue weighted by atomic mass is 10.2. The number of hydrogen-bond acceptors (Lipinski definition) is 6. The first-order valence-electron chi connectivity index (χ1n) is 11.2. The van der Waals surface area contributed by atoms with Crippen LogP contribution in [0.4, 0.5) is 0 Å². The van der Waals surface area contributed by atoms with E-state index in [9.17, 15) is 4.79 Å². The highest BCUT2D eigenvalue weighted by Gasteiger charge is 2.17. The number of aromatic nitrogens is 2. The summed E-state index contributed by atoms with van der Waals surface area (Å²) in [6.45, 7) is 4.52. The van der Waals surface area contributed by atoms with E-state index in [2.05, 4.69) is 65.5 Å². The molecule has 0 atom stereocenters. The van der Waals surface area contributed by atoms with Crippen LogP contribution in [0.15, 0.2) is 93.9 Å². The van der Waals surface area contributed by atoms with Gasteiger partial charge in [0.15, 0.2) is 5.16 Å². The van der Waals surface area contributed by atoms with Gasteiger partial charge in [0.2, 0.25) is 0 Å². The van der Waals surface area contributed by atoms with Crippen molar-refractivity contribution in [3.63, 3.8) is 0 Å². The van der Waals surface area contributed by atoms with Crippen LogP contribution in [0.3, 0.4) is 0 Å². The molecule has 5 nitrogen and oxygen atoms in total. The largest absolute Gasteiger partial charge is 0.497 e. The maximum atomic E-state index is 13.2. The van der Waals surface area contributed by atoms with Gasteiger partial charge < -0.3 is 10.1 Å². The van der Waals surface area contributed by atoms with E-state index in [1.165, 1.54) is 40.2 Å². The van der Waals surface area contributed by atoms with Gasteiger partial charge in [-0.2, -0.15) is 0 Å². The van der Waals surface area contributed by atoms with Crippen molar-refractivity contribution in [1.82, 2.24) is 15.3 Å². The van der Waals surface area contributed by atoms with Gasteiger partial charge >= 0.3 is 0 Å². The number of carbonyl (C=O) groups is 1. The fraction of sp³-hybridized carbons (Fsp3) is 0.179. The van der Waals surface area contributed by atoms with E-state index < -0.39 is 0 Å². The Morgan fingerprint density at radius 3 is 2.17 bits per heavy atom. The number of carbonyl (C=O) groups excluding carboxylic acids is 1. The van der Waals surface area contributed by atoms with E-state index >= 15 is 0 Å². The van der Waals surface area contributed by atoms with Gasteiger partial charge in [-0.15, -0.1) is 0 Å². The third-order valence-corrected chi connectivity index (χ3v) is 7.26. The predicted molar refractivity (Wildman–Crippen MR) is 142 cm³/mol. The maximum absolute atomic E-state index is 13.2. The Labute approximate surface area is 214 Å². The van der Waals surface area contributed by atoms with Gasteiger partial charge in [0, 0.05) is 23.4 Å². The van der Waals surface area contributed by atoms with Crippen molar-refractivity contribution in [1.29, 1.82) is 0 Å². The van der Waals surface area contributed by atoms with Crippen LogP contribution in [0, 0.1) is 13.8 Å². The van der Waals surface area contributed by atoms with Crippen molar-refractivity contribution in [3.8, 4) is 5.75 Å². The molecule has 1 aromatic heterocycles. The second kappa shape index (κ2) is 11.9. The fourth-order valence-electron chi connectivity index (χ4n) is 3.24. The molecular weight excluding hydrogens is 474 g/mol. The minimum absolute atomic E-state index is 0.227. The summed E-state index contributed by atoms with van der Waals surface area (Å²) in [6.07, 6.45) is 1.75. The summed E-state index contributed by atoms with van der Waals surface area (Å²) >= 11 is 3.01. The molecule has 0 spiro atoms. The molecule has 0 aliphatic carbocycles. The van der Waals surface area contributed by atoms with Crippen LogP contribution in [0.25, 0.3) is 0 Å². The molecule has 0 bridgehead atoms.